The number of halogens is 2. The third-order valence-electron chi connectivity index (χ3n) is 1.53. The zero-order chi connectivity index (χ0) is 12.0. The van der Waals surface area contributed by atoms with Gasteiger partial charge in [-0.1, -0.05) is 29.3 Å². The first-order valence-corrected chi connectivity index (χ1v) is 5.17. The number of nitrogens with zero attached hydrogens (tertiary/aromatic N) is 1. The number of benzene rings is 1. The van der Waals surface area contributed by atoms with E-state index < -0.39 is 0 Å². The standard InChI is InChI=1S/C10H11Cl2N3O/c1-2-5-16-15-10(13)14-7-3-4-8(11)9(12)6-7/h2-4,6H,1,5H2,(H3,13,14,15). The van der Waals surface area contributed by atoms with Gasteiger partial charge >= 0.3 is 0 Å². The van der Waals surface area contributed by atoms with Gasteiger partial charge in [0.05, 0.1) is 22.3 Å². The van der Waals surface area contributed by atoms with E-state index in [2.05, 4.69) is 17.1 Å². The third-order valence-corrected chi connectivity index (χ3v) is 2.27. The van der Waals surface area contributed by atoms with Gasteiger partial charge in [-0.15, -0.1) is 6.58 Å². The first kappa shape index (κ1) is 12.8. The average Bonchev–Trinajstić information content (AvgIpc) is 2.24. The van der Waals surface area contributed by atoms with Crippen LogP contribution in [0.3, 0.4) is 0 Å². The van der Waals surface area contributed by atoms with E-state index in [1.807, 2.05) is 0 Å². The van der Waals surface area contributed by atoms with Crippen molar-refractivity contribution in [1.29, 1.82) is 0 Å². The van der Waals surface area contributed by atoms with Crippen LogP contribution in [0.2, 0.25) is 10.0 Å². The van der Waals surface area contributed by atoms with Crippen LogP contribution in [0.5, 0.6) is 0 Å². The molecule has 0 unspecified atom stereocenters. The summed E-state index contributed by atoms with van der Waals surface area (Å²) in [5.41, 5.74) is 8.57. The van der Waals surface area contributed by atoms with E-state index in [1.54, 1.807) is 24.3 Å². The van der Waals surface area contributed by atoms with Crippen molar-refractivity contribution >= 4 is 34.8 Å². The number of rotatable bonds is 4. The van der Waals surface area contributed by atoms with E-state index in [0.29, 0.717) is 22.3 Å². The summed E-state index contributed by atoms with van der Waals surface area (Å²) in [5, 5.41) is 0.887. The zero-order valence-electron chi connectivity index (χ0n) is 8.41. The summed E-state index contributed by atoms with van der Waals surface area (Å²) >= 11 is 11.6. The molecule has 3 N–H and O–H groups in total. The summed E-state index contributed by atoms with van der Waals surface area (Å²) in [6.45, 7) is 3.82. The van der Waals surface area contributed by atoms with Crippen molar-refractivity contribution in [3.05, 3.63) is 40.9 Å². The van der Waals surface area contributed by atoms with Gasteiger partial charge in [0.25, 0.3) is 0 Å². The van der Waals surface area contributed by atoms with Gasteiger partial charge < -0.3 is 5.73 Å². The summed E-state index contributed by atoms with van der Waals surface area (Å²) in [7, 11) is 0. The molecule has 1 rings (SSSR count). The van der Waals surface area contributed by atoms with Crippen molar-refractivity contribution in [2.24, 2.45) is 10.7 Å². The van der Waals surface area contributed by atoms with E-state index in [-0.39, 0.29) is 5.96 Å². The molecule has 0 amide bonds. The number of nitrogens with one attached hydrogen (secondary N) is 1. The minimum atomic E-state index is 0.125. The summed E-state index contributed by atoms with van der Waals surface area (Å²) < 4.78 is 0. The van der Waals surface area contributed by atoms with Crippen molar-refractivity contribution in [3.63, 3.8) is 0 Å². The van der Waals surface area contributed by atoms with E-state index in [9.17, 15) is 0 Å². The minimum absolute atomic E-state index is 0.125. The average molecular weight is 260 g/mol. The van der Waals surface area contributed by atoms with Crippen molar-refractivity contribution in [1.82, 2.24) is 5.48 Å². The number of hydrogen-bond donors (Lipinski definition) is 2. The Morgan fingerprint density at radius 2 is 2.25 bits per heavy atom. The first-order valence-electron chi connectivity index (χ1n) is 4.41. The van der Waals surface area contributed by atoms with Crippen LogP contribution in [0, 0.1) is 0 Å². The lowest BCUT2D eigenvalue weighted by Crippen LogP contribution is -2.31. The van der Waals surface area contributed by atoms with E-state index in [0.717, 1.165) is 0 Å². The number of nitrogens with two attached hydrogens (primary N) is 1. The van der Waals surface area contributed by atoms with Gasteiger partial charge in [0, 0.05) is 0 Å². The SMILES string of the molecule is C=CCONC(N)=Nc1ccc(Cl)c(Cl)c1. The second kappa shape index (κ2) is 6.37. The molecule has 0 saturated carbocycles. The lowest BCUT2D eigenvalue weighted by Gasteiger charge is -2.04. The second-order valence-corrected chi connectivity index (χ2v) is 3.61. The second-order valence-electron chi connectivity index (χ2n) is 2.80. The van der Waals surface area contributed by atoms with Gasteiger partial charge in [0.15, 0.2) is 0 Å². The summed E-state index contributed by atoms with van der Waals surface area (Å²) in [6, 6.07) is 4.93. The van der Waals surface area contributed by atoms with Gasteiger partial charge in [0.2, 0.25) is 5.96 Å². The predicted octanol–water partition coefficient (Wildman–Crippen LogP) is 2.65. The van der Waals surface area contributed by atoms with E-state index in [4.69, 9.17) is 33.8 Å². The molecular formula is C10H11Cl2N3O. The van der Waals surface area contributed by atoms with Gasteiger partial charge in [-0.25, -0.2) is 10.5 Å². The third kappa shape index (κ3) is 4.10. The van der Waals surface area contributed by atoms with Crippen molar-refractivity contribution in [3.8, 4) is 0 Å². The quantitative estimate of drug-likeness (QED) is 0.287. The first-order chi connectivity index (χ1) is 7.63. The normalized spacial score (nSPS) is 11.2. The molecule has 0 heterocycles. The van der Waals surface area contributed by atoms with Crippen LogP contribution in [0.25, 0.3) is 0 Å². The predicted molar refractivity (Wildman–Crippen MR) is 67.0 cm³/mol. The topological polar surface area (TPSA) is 59.6 Å². The Labute approximate surface area is 104 Å². The van der Waals surface area contributed by atoms with Crippen molar-refractivity contribution < 1.29 is 4.84 Å². The summed E-state index contributed by atoms with van der Waals surface area (Å²) in [6.07, 6.45) is 1.58. The van der Waals surface area contributed by atoms with Crippen LogP contribution >= 0.6 is 23.2 Å². The van der Waals surface area contributed by atoms with E-state index >= 15 is 0 Å². The molecule has 1 aromatic rings. The molecule has 0 atom stereocenters. The van der Waals surface area contributed by atoms with Gasteiger partial charge in [-0.3, -0.25) is 4.84 Å². The van der Waals surface area contributed by atoms with Crippen LogP contribution in [0.4, 0.5) is 5.69 Å². The maximum absolute atomic E-state index is 5.82. The molecule has 0 aromatic heterocycles. The van der Waals surface area contributed by atoms with E-state index in [1.165, 1.54) is 0 Å². The number of hydrogen-bond acceptors (Lipinski definition) is 2. The molecule has 86 valence electrons. The number of guanidine groups is 1. The summed E-state index contributed by atoms with van der Waals surface area (Å²) in [5.74, 6) is 0.125. The molecule has 16 heavy (non-hydrogen) atoms. The van der Waals surface area contributed by atoms with Crippen LogP contribution < -0.4 is 11.2 Å². The molecule has 0 fully saturated rings. The lowest BCUT2D eigenvalue weighted by molar-refractivity contribution is 0.110. The molecule has 0 saturated heterocycles. The molecule has 0 bridgehead atoms. The fraction of sp³-hybridized carbons (Fsp3) is 0.100. The molecule has 0 aliphatic rings. The maximum Gasteiger partial charge on any atom is 0.218 e. The molecule has 4 nitrogen and oxygen atoms in total. The zero-order valence-corrected chi connectivity index (χ0v) is 9.92. The van der Waals surface area contributed by atoms with Crippen LogP contribution in [-0.2, 0) is 4.84 Å². The largest absolute Gasteiger partial charge is 0.368 e. The molecule has 0 aliphatic carbocycles. The Kier molecular flexibility index (Phi) is 5.11. The Bertz CT molecular complexity index is 407. The molecule has 0 radical (unpaired) electrons. The smallest absolute Gasteiger partial charge is 0.218 e. The molecular weight excluding hydrogens is 249 g/mol. The maximum atomic E-state index is 5.82. The molecule has 6 heteroatoms. The fourth-order valence-corrected chi connectivity index (χ4v) is 1.18. The van der Waals surface area contributed by atoms with Gasteiger partial charge in [-0.2, -0.15) is 0 Å². The highest BCUT2D eigenvalue weighted by Crippen LogP contribution is 2.26. The highest BCUT2D eigenvalue weighted by Gasteiger charge is 1.99. The fourth-order valence-electron chi connectivity index (χ4n) is 0.891. The highest BCUT2D eigenvalue weighted by atomic mass is 35.5. The number of hydroxylamine groups is 1. The summed E-state index contributed by atoms with van der Waals surface area (Å²) in [4.78, 5) is 8.90. The Hall–Kier alpha value is -1.23. The van der Waals surface area contributed by atoms with Gasteiger partial charge in [-0.05, 0) is 18.2 Å². The molecule has 0 aliphatic heterocycles. The highest BCUT2D eigenvalue weighted by molar-refractivity contribution is 6.42. The molecule has 0 spiro atoms. The van der Waals surface area contributed by atoms with Crippen LogP contribution in [0.1, 0.15) is 0 Å². The van der Waals surface area contributed by atoms with Crippen molar-refractivity contribution in [2.45, 2.75) is 0 Å². The Morgan fingerprint density at radius 3 is 2.88 bits per heavy atom. The monoisotopic (exact) mass is 259 g/mol. The Balaban J connectivity index is 2.66. The van der Waals surface area contributed by atoms with Crippen LogP contribution in [-0.4, -0.2) is 12.6 Å². The minimum Gasteiger partial charge on any atom is -0.368 e. The number of aliphatic imine (C=N–C) groups is 1. The lowest BCUT2D eigenvalue weighted by atomic mass is 10.3. The van der Waals surface area contributed by atoms with Gasteiger partial charge in [0.1, 0.15) is 0 Å². The van der Waals surface area contributed by atoms with Crippen LogP contribution in [0.15, 0.2) is 35.8 Å². The van der Waals surface area contributed by atoms with Crippen molar-refractivity contribution in [2.75, 3.05) is 6.61 Å². The Morgan fingerprint density at radius 1 is 1.50 bits per heavy atom. The molecule has 1 aromatic carbocycles.